The van der Waals surface area contributed by atoms with Crippen LogP contribution in [0.5, 0.6) is 11.5 Å². The number of carbonyl (C=O) groups excluding carboxylic acids is 4. The lowest BCUT2D eigenvalue weighted by molar-refractivity contribution is -0.145. The molecule has 0 bridgehead atoms. The van der Waals surface area contributed by atoms with Gasteiger partial charge in [0.2, 0.25) is 23.6 Å². The molecule has 0 saturated heterocycles. The molecule has 2 rings (SSSR count). The van der Waals surface area contributed by atoms with Crippen molar-refractivity contribution in [3.8, 4) is 11.5 Å². The third-order valence-electron chi connectivity index (χ3n) is 5.59. The second kappa shape index (κ2) is 14.5. The quantitative estimate of drug-likeness (QED) is 0.198. The van der Waals surface area contributed by atoms with Gasteiger partial charge in [-0.05, 0) is 42.7 Å². The average molecular weight is 543 g/mol. The van der Waals surface area contributed by atoms with E-state index in [9.17, 15) is 34.2 Å². The lowest BCUT2D eigenvalue weighted by Gasteiger charge is -2.27. The third-order valence-corrected chi connectivity index (χ3v) is 5.59. The first-order chi connectivity index (χ1) is 18.4. The van der Waals surface area contributed by atoms with E-state index in [-0.39, 0.29) is 6.42 Å². The molecule has 2 aromatic rings. The van der Waals surface area contributed by atoms with Gasteiger partial charge in [-0.1, -0.05) is 44.2 Å². The molecule has 0 heterocycles. The van der Waals surface area contributed by atoms with Crippen molar-refractivity contribution in [1.82, 2.24) is 16.0 Å². The van der Waals surface area contributed by atoms with Crippen molar-refractivity contribution in [3.05, 3.63) is 60.2 Å². The number of benzene rings is 2. The largest absolute Gasteiger partial charge is 0.480 e. The molecule has 4 atom stereocenters. The minimum Gasteiger partial charge on any atom is -0.480 e. The summed E-state index contributed by atoms with van der Waals surface area (Å²) in [5.41, 5.74) is 5.86. The van der Waals surface area contributed by atoms with Gasteiger partial charge in [0.15, 0.2) is 6.04 Å². The molecule has 12 heteroatoms. The Morgan fingerprint density at radius 2 is 1.46 bits per heavy atom. The average Bonchev–Trinajstić information content (AvgIpc) is 2.85. The Balaban J connectivity index is 2.10. The monoisotopic (exact) mass is 542 g/mol. The van der Waals surface area contributed by atoms with E-state index in [1.165, 1.54) is 6.92 Å². The highest BCUT2D eigenvalue weighted by atomic mass is 16.5. The van der Waals surface area contributed by atoms with Crippen molar-refractivity contribution in [2.24, 2.45) is 11.7 Å². The van der Waals surface area contributed by atoms with Gasteiger partial charge in [0.25, 0.3) is 0 Å². The molecule has 39 heavy (non-hydrogen) atoms. The highest BCUT2D eigenvalue weighted by Gasteiger charge is 2.33. The van der Waals surface area contributed by atoms with Crippen LogP contribution < -0.4 is 26.4 Å². The minimum absolute atomic E-state index is 0.142. The molecule has 0 aromatic heterocycles. The Labute approximate surface area is 225 Å². The number of hydrogen-bond acceptors (Lipinski definition) is 7. The number of nitrogens with one attached hydrogen (secondary N) is 3. The molecule has 210 valence electrons. The molecule has 0 radical (unpaired) electrons. The maximum atomic E-state index is 13.0. The minimum atomic E-state index is -1.60. The van der Waals surface area contributed by atoms with Crippen LogP contribution >= 0.6 is 0 Å². The number of carbonyl (C=O) groups is 5. The number of carboxylic acid groups (broad SMARTS) is 1. The van der Waals surface area contributed by atoms with Crippen LogP contribution in [-0.2, 0) is 30.4 Å². The summed E-state index contributed by atoms with van der Waals surface area (Å²) in [5.74, 6) is -4.01. The fourth-order valence-electron chi connectivity index (χ4n) is 3.61. The van der Waals surface area contributed by atoms with E-state index in [4.69, 9.17) is 10.5 Å². The molecule has 0 unspecified atom stereocenters. The van der Waals surface area contributed by atoms with Crippen LogP contribution in [0, 0.1) is 5.92 Å². The van der Waals surface area contributed by atoms with E-state index in [0.717, 1.165) is 0 Å². The second-order valence-corrected chi connectivity index (χ2v) is 9.33. The zero-order valence-corrected chi connectivity index (χ0v) is 21.9. The predicted molar refractivity (Wildman–Crippen MR) is 140 cm³/mol. The van der Waals surface area contributed by atoms with E-state index < -0.39 is 66.2 Å². The zero-order valence-electron chi connectivity index (χ0n) is 21.9. The number of carboxylic acids is 1. The Morgan fingerprint density at radius 1 is 0.846 bits per heavy atom. The van der Waals surface area contributed by atoms with E-state index in [2.05, 4.69) is 16.0 Å². The van der Waals surface area contributed by atoms with Gasteiger partial charge in [-0.3, -0.25) is 19.2 Å². The molecule has 7 N–H and O–H groups in total. The van der Waals surface area contributed by atoms with Crippen molar-refractivity contribution in [2.75, 3.05) is 0 Å². The number of para-hydroxylation sites is 1. The second-order valence-electron chi connectivity index (χ2n) is 9.33. The van der Waals surface area contributed by atoms with Gasteiger partial charge in [-0.2, -0.15) is 0 Å². The summed E-state index contributed by atoms with van der Waals surface area (Å²) in [6, 6.07) is 11.6. The number of primary amides is 1. The van der Waals surface area contributed by atoms with Crippen molar-refractivity contribution in [3.63, 3.8) is 0 Å². The molecule has 0 saturated carbocycles. The Bertz CT molecular complexity index is 1170. The predicted octanol–water partition coefficient (Wildman–Crippen LogP) is 0.473. The topological polar surface area (TPSA) is 197 Å². The number of aliphatic hydroxyl groups excluding tert-OH is 1. The highest BCUT2D eigenvalue weighted by Crippen LogP contribution is 2.22. The number of amides is 4. The Morgan fingerprint density at radius 3 is 2.03 bits per heavy atom. The SMILES string of the molecule is CC(C)[C@H](NC(=O)[C@H](CC(N)=O)NC(=O)Cc1cccc(Oc2ccccc2)c1)C(=O)N[C@H](C(=O)O)[C@H](C)O. The lowest BCUT2D eigenvalue weighted by atomic mass is 10.0. The van der Waals surface area contributed by atoms with E-state index in [1.54, 1.807) is 50.2 Å². The van der Waals surface area contributed by atoms with Crippen LogP contribution in [0.25, 0.3) is 0 Å². The summed E-state index contributed by atoms with van der Waals surface area (Å²) in [6.07, 6.45) is -2.07. The van der Waals surface area contributed by atoms with Crippen LogP contribution in [0.1, 0.15) is 32.8 Å². The van der Waals surface area contributed by atoms with Crippen LogP contribution in [0.2, 0.25) is 0 Å². The summed E-state index contributed by atoms with van der Waals surface area (Å²) in [4.78, 5) is 61.4. The first-order valence-corrected chi connectivity index (χ1v) is 12.3. The molecular weight excluding hydrogens is 508 g/mol. The maximum absolute atomic E-state index is 13.0. The van der Waals surface area contributed by atoms with E-state index in [0.29, 0.717) is 17.1 Å². The number of aliphatic carboxylic acids is 1. The van der Waals surface area contributed by atoms with Gasteiger partial charge < -0.3 is 36.6 Å². The van der Waals surface area contributed by atoms with Crippen molar-refractivity contribution in [1.29, 1.82) is 0 Å². The molecule has 0 aliphatic rings. The van der Waals surface area contributed by atoms with Gasteiger partial charge >= 0.3 is 5.97 Å². The first-order valence-electron chi connectivity index (χ1n) is 12.3. The Kier molecular flexibility index (Phi) is 11.4. The molecule has 12 nitrogen and oxygen atoms in total. The normalized spacial score (nSPS) is 13.9. The lowest BCUT2D eigenvalue weighted by Crippen LogP contribution is -2.59. The van der Waals surface area contributed by atoms with Crippen LogP contribution in [0.3, 0.4) is 0 Å². The van der Waals surface area contributed by atoms with E-state index >= 15 is 0 Å². The molecule has 0 aliphatic heterocycles. The molecular formula is C27H34N4O8. The summed E-state index contributed by atoms with van der Waals surface area (Å²) < 4.78 is 5.77. The van der Waals surface area contributed by atoms with Gasteiger partial charge in [0.05, 0.1) is 18.9 Å². The number of ether oxygens (including phenoxy) is 1. The van der Waals surface area contributed by atoms with Gasteiger partial charge in [0, 0.05) is 0 Å². The molecule has 4 amide bonds. The smallest absolute Gasteiger partial charge is 0.328 e. The fraction of sp³-hybridized carbons (Fsp3) is 0.370. The van der Waals surface area contributed by atoms with Gasteiger partial charge in [-0.15, -0.1) is 0 Å². The summed E-state index contributed by atoms with van der Waals surface area (Å²) in [6.45, 7) is 4.41. The number of aliphatic hydroxyl groups is 1. The summed E-state index contributed by atoms with van der Waals surface area (Å²) >= 11 is 0. The van der Waals surface area contributed by atoms with Gasteiger partial charge in [-0.25, -0.2) is 4.79 Å². The standard InChI is InChI=1S/C27H34N4O8/c1-15(2)23(26(36)31-24(16(3)32)27(37)38)30-25(35)20(14-21(28)33)29-22(34)13-17-8-7-11-19(12-17)39-18-9-5-4-6-10-18/h4-12,15-16,20,23-24,32H,13-14H2,1-3H3,(H2,28,33)(H,29,34)(H,30,35)(H,31,36)(H,37,38)/t16-,20-,23-,24-/m0/s1. The fourth-order valence-corrected chi connectivity index (χ4v) is 3.61. The van der Waals surface area contributed by atoms with Gasteiger partial charge in [0.1, 0.15) is 23.6 Å². The molecule has 0 aliphatic carbocycles. The molecule has 2 aromatic carbocycles. The third kappa shape index (κ3) is 10.1. The highest BCUT2D eigenvalue weighted by molar-refractivity contribution is 5.95. The van der Waals surface area contributed by atoms with Crippen LogP contribution in [0.15, 0.2) is 54.6 Å². The van der Waals surface area contributed by atoms with E-state index in [1.807, 2.05) is 18.2 Å². The molecule has 0 spiro atoms. The van der Waals surface area contributed by atoms with Crippen LogP contribution in [0.4, 0.5) is 0 Å². The van der Waals surface area contributed by atoms with Crippen molar-refractivity contribution < 1.29 is 38.9 Å². The van der Waals surface area contributed by atoms with Crippen molar-refractivity contribution in [2.45, 2.75) is 57.8 Å². The van der Waals surface area contributed by atoms with Crippen LogP contribution in [-0.4, -0.2) is 64.0 Å². The summed E-state index contributed by atoms with van der Waals surface area (Å²) in [5, 5.41) is 26.0. The Hall–Kier alpha value is -4.45. The maximum Gasteiger partial charge on any atom is 0.328 e. The molecule has 0 fully saturated rings. The zero-order chi connectivity index (χ0) is 29.1. The number of hydrogen-bond donors (Lipinski definition) is 6. The number of rotatable bonds is 14. The number of nitrogens with two attached hydrogens (primary N) is 1. The van der Waals surface area contributed by atoms with Crippen molar-refractivity contribution >= 4 is 29.6 Å². The summed E-state index contributed by atoms with van der Waals surface area (Å²) in [7, 11) is 0. The first kappa shape index (κ1) is 30.8.